The quantitative estimate of drug-likeness (QED) is 0.911. The van der Waals surface area contributed by atoms with E-state index >= 15 is 0 Å². The van der Waals surface area contributed by atoms with E-state index < -0.39 is 0 Å². The SMILES string of the molecule is O=C(NCCc1ccccc1)C1CNCc2cccc(Cl)c21. The van der Waals surface area contributed by atoms with Gasteiger partial charge in [-0.1, -0.05) is 54.1 Å². The van der Waals surface area contributed by atoms with Crippen LogP contribution < -0.4 is 10.6 Å². The maximum atomic E-state index is 12.5. The van der Waals surface area contributed by atoms with Crippen molar-refractivity contribution in [2.24, 2.45) is 0 Å². The average molecular weight is 315 g/mol. The van der Waals surface area contributed by atoms with Gasteiger partial charge in [-0.3, -0.25) is 4.79 Å². The molecule has 22 heavy (non-hydrogen) atoms. The minimum atomic E-state index is -0.215. The third kappa shape index (κ3) is 3.32. The summed E-state index contributed by atoms with van der Waals surface area (Å²) in [4.78, 5) is 12.5. The number of carbonyl (C=O) groups excluding carboxylic acids is 1. The number of halogens is 1. The van der Waals surface area contributed by atoms with Crippen LogP contribution in [0.15, 0.2) is 48.5 Å². The highest BCUT2D eigenvalue weighted by molar-refractivity contribution is 6.31. The molecule has 0 aromatic heterocycles. The fourth-order valence-electron chi connectivity index (χ4n) is 2.90. The molecule has 0 bridgehead atoms. The minimum absolute atomic E-state index is 0.0393. The molecule has 2 aromatic carbocycles. The van der Waals surface area contributed by atoms with E-state index in [0.717, 1.165) is 24.1 Å². The van der Waals surface area contributed by atoms with Gasteiger partial charge < -0.3 is 10.6 Å². The first-order valence-corrected chi connectivity index (χ1v) is 7.93. The van der Waals surface area contributed by atoms with E-state index in [9.17, 15) is 4.79 Å². The van der Waals surface area contributed by atoms with E-state index in [4.69, 9.17) is 11.6 Å². The van der Waals surface area contributed by atoms with E-state index in [2.05, 4.69) is 22.8 Å². The Hall–Kier alpha value is -1.84. The second-order valence-electron chi connectivity index (χ2n) is 5.52. The molecule has 0 radical (unpaired) electrons. The summed E-state index contributed by atoms with van der Waals surface area (Å²) < 4.78 is 0. The summed E-state index contributed by atoms with van der Waals surface area (Å²) in [6.07, 6.45) is 0.835. The van der Waals surface area contributed by atoms with Crippen molar-refractivity contribution in [2.45, 2.75) is 18.9 Å². The molecule has 2 N–H and O–H groups in total. The summed E-state index contributed by atoms with van der Waals surface area (Å²) in [5.41, 5.74) is 3.31. The Kier molecular flexibility index (Phi) is 4.76. The summed E-state index contributed by atoms with van der Waals surface area (Å²) in [6, 6.07) is 16.0. The molecule has 1 aliphatic heterocycles. The van der Waals surface area contributed by atoms with E-state index in [1.165, 1.54) is 5.56 Å². The molecule has 4 heteroatoms. The summed E-state index contributed by atoms with van der Waals surface area (Å²) in [5, 5.41) is 7.00. The number of fused-ring (bicyclic) bond motifs is 1. The Labute approximate surface area is 135 Å². The van der Waals surface area contributed by atoms with Crippen LogP contribution in [0.3, 0.4) is 0 Å². The van der Waals surface area contributed by atoms with Crippen molar-refractivity contribution in [3.05, 3.63) is 70.2 Å². The smallest absolute Gasteiger partial charge is 0.228 e. The maximum Gasteiger partial charge on any atom is 0.228 e. The second kappa shape index (κ2) is 6.95. The van der Waals surface area contributed by atoms with Crippen molar-refractivity contribution in [3.8, 4) is 0 Å². The van der Waals surface area contributed by atoms with Crippen molar-refractivity contribution in [1.29, 1.82) is 0 Å². The first kappa shape index (κ1) is 15.1. The van der Waals surface area contributed by atoms with Crippen molar-refractivity contribution >= 4 is 17.5 Å². The fraction of sp³-hybridized carbons (Fsp3) is 0.278. The maximum absolute atomic E-state index is 12.5. The van der Waals surface area contributed by atoms with Crippen LogP contribution in [0, 0.1) is 0 Å². The molecule has 0 saturated heterocycles. The normalized spacial score (nSPS) is 16.9. The Morgan fingerprint density at radius 2 is 2.00 bits per heavy atom. The van der Waals surface area contributed by atoms with Crippen LogP contribution in [0.4, 0.5) is 0 Å². The molecular weight excluding hydrogens is 296 g/mol. The average Bonchev–Trinajstić information content (AvgIpc) is 2.55. The molecule has 1 atom stereocenters. The second-order valence-corrected chi connectivity index (χ2v) is 5.93. The van der Waals surface area contributed by atoms with Crippen LogP contribution in [0.25, 0.3) is 0 Å². The number of nitrogens with one attached hydrogen (secondary N) is 2. The molecule has 1 unspecified atom stereocenters. The Balaban J connectivity index is 1.64. The highest BCUT2D eigenvalue weighted by Gasteiger charge is 2.28. The number of hydrogen-bond donors (Lipinski definition) is 2. The van der Waals surface area contributed by atoms with Gasteiger partial charge >= 0.3 is 0 Å². The molecule has 0 saturated carbocycles. The van der Waals surface area contributed by atoms with Gasteiger partial charge in [0.25, 0.3) is 0 Å². The van der Waals surface area contributed by atoms with Crippen LogP contribution in [0.2, 0.25) is 5.02 Å². The van der Waals surface area contributed by atoms with Crippen molar-refractivity contribution in [2.75, 3.05) is 13.1 Å². The van der Waals surface area contributed by atoms with Gasteiger partial charge in [0, 0.05) is 24.7 Å². The van der Waals surface area contributed by atoms with Gasteiger partial charge in [-0.15, -0.1) is 0 Å². The Bertz CT molecular complexity index is 657. The minimum Gasteiger partial charge on any atom is -0.355 e. The van der Waals surface area contributed by atoms with Crippen LogP contribution in [-0.4, -0.2) is 19.0 Å². The Morgan fingerprint density at radius 3 is 2.82 bits per heavy atom. The lowest BCUT2D eigenvalue weighted by molar-refractivity contribution is -0.122. The molecule has 0 aliphatic carbocycles. The molecule has 3 nitrogen and oxygen atoms in total. The summed E-state index contributed by atoms with van der Waals surface area (Å²) in [6.45, 7) is 2.04. The van der Waals surface area contributed by atoms with Gasteiger partial charge in [-0.25, -0.2) is 0 Å². The lowest BCUT2D eigenvalue weighted by Gasteiger charge is -2.26. The Morgan fingerprint density at radius 1 is 1.18 bits per heavy atom. The zero-order valence-electron chi connectivity index (χ0n) is 12.3. The first-order chi connectivity index (χ1) is 10.8. The zero-order chi connectivity index (χ0) is 15.4. The molecule has 1 amide bonds. The van der Waals surface area contributed by atoms with Gasteiger partial charge in [0.2, 0.25) is 5.91 Å². The highest BCUT2D eigenvalue weighted by atomic mass is 35.5. The molecular formula is C18H19ClN2O. The highest BCUT2D eigenvalue weighted by Crippen LogP contribution is 2.30. The van der Waals surface area contributed by atoms with Gasteiger partial charge in [-0.05, 0) is 29.2 Å². The summed E-state index contributed by atoms with van der Waals surface area (Å²) >= 11 is 6.30. The van der Waals surface area contributed by atoms with Gasteiger partial charge in [0.1, 0.15) is 0 Å². The van der Waals surface area contributed by atoms with E-state index in [1.807, 2.05) is 36.4 Å². The van der Waals surface area contributed by atoms with Crippen molar-refractivity contribution in [1.82, 2.24) is 10.6 Å². The van der Waals surface area contributed by atoms with E-state index in [0.29, 0.717) is 18.1 Å². The largest absolute Gasteiger partial charge is 0.355 e. The standard InChI is InChI=1S/C18H19ClN2O/c19-16-8-4-7-14-11-20-12-15(17(14)16)18(22)21-10-9-13-5-2-1-3-6-13/h1-8,15,20H,9-12H2,(H,21,22). The summed E-state index contributed by atoms with van der Waals surface area (Å²) in [5.74, 6) is -0.175. The monoisotopic (exact) mass is 314 g/mol. The van der Waals surface area contributed by atoms with E-state index in [1.54, 1.807) is 0 Å². The molecule has 1 aliphatic rings. The molecule has 0 fully saturated rings. The molecule has 0 spiro atoms. The fourth-order valence-corrected chi connectivity index (χ4v) is 3.23. The molecule has 114 valence electrons. The predicted molar refractivity (Wildman–Crippen MR) is 89.1 cm³/mol. The zero-order valence-corrected chi connectivity index (χ0v) is 13.1. The number of benzene rings is 2. The topological polar surface area (TPSA) is 41.1 Å². The third-order valence-corrected chi connectivity index (χ3v) is 4.36. The van der Waals surface area contributed by atoms with Gasteiger partial charge in [0.15, 0.2) is 0 Å². The van der Waals surface area contributed by atoms with Crippen LogP contribution in [0.1, 0.15) is 22.6 Å². The third-order valence-electron chi connectivity index (χ3n) is 4.03. The molecule has 2 aromatic rings. The lowest BCUT2D eigenvalue weighted by Crippen LogP contribution is -2.39. The van der Waals surface area contributed by atoms with E-state index in [-0.39, 0.29) is 11.8 Å². The van der Waals surface area contributed by atoms with Crippen molar-refractivity contribution in [3.63, 3.8) is 0 Å². The van der Waals surface area contributed by atoms with Gasteiger partial charge in [-0.2, -0.15) is 0 Å². The first-order valence-electron chi connectivity index (χ1n) is 7.55. The molecule has 3 rings (SSSR count). The lowest BCUT2D eigenvalue weighted by atomic mass is 9.90. The van der Waals surface area contributed by atoms with Crippen LogP contribution in [0.5, 0.6) is 0 Å². The van der Waals surface area contributed by atoms with Crippen molar-refractivity contribution < 1.29 is 4.79 Å². The van der Waals surface area contributed by atoms with Crippen LogP contribution in [-0.2, 0) is 17.8 Å². The van der Waals surface area contributed by atoms with Crippen LogP contribution >= 0.6 is 11.6 Å². The number of amides is 1. The summed E-state index contributed by atoms with van der Waals surface area (Å²) in [7, 11) is 0. The van der Waals surface area contributed by atoms with Gasteiger partial charge in [0.05, 0.1) is 5.92 Å². The number of carbonyl (C=O) groups is 1. The number of hydrogen-bond acceptors (Lipinski definition) is 2. The number of rotatable bonds is 4. The predicted octanol–water partition coefficient (Wildman–Crippen LogP) is 2.89. The molecule has 1 heterocycles.